The number of amides is 1. The minimum atomic E-state index is -3.62. The lowest BCUT2D eigenvalue weighted by Crippen LogP contribution is -2.61. The zero-order valence-electron chi connectivity index (χ0n) is 17.4. The molecule has 0 aromatic heterocycles. The Balaban J connectivity index is 1.36. The third kappa shape index (κ3) is 3.63. The molecule has 6 rings (SSSR count). The van der Waals surface area contributed by atoms with E-state index in [1.165, 1.54) is 23.6 Å². The van der Waals surface area contributed by atoms with E-state index >= 15 is 0 Å². The number of carbonyl (C=O) groups excluding carboxylic acids is 1. The number of rotatable bonds is 6. The van der Waals surface area contributed by atoms with Crippen LogP contribution in [0.25, 0.3) is 0 Å². The summed E-state index contributed by atoms with van der Waals surface area (Å²) in [6, 6.07) is 5.04. The molecule has 30 heavy (non-hydrogen) atoms. The van der Waals surface area contributed by atoms with E-state index in [1.807, 2.05) is 0 Å². The molecule has 0 spiro atoms. The van der Waals surface area contributed by atoms with E-state index in [9.17, 15) is 13.2 Å². The number of fused-ring (bicyclic) bond motifs is 1. The Hall–Kier alpha value is -1.96. The molecular weight excluding hydrogens is 404 g/mol. The second kappa shape index (κ2) is 7.32. The van der Waals surface area contributed by atoms with E-state index in [0.29, 0.717) is 48.2 Å². The van der Waals surface area contributed by atoms with E-state index in [4.69, 9.17) is 9.47 Å². The van der Waals surface area contributed by atoms with E-state index < -0.39 is 10.0 Å². The highest BCUT2D eigenvalue weighted by Crippen LogP contribution is 2.55. The quantitative estimate of drug-likeness (QED) is 0.744. The molecule has 1 aromatic carbocycles. The van der Waals surface area contributed by atoms with Crippen molar-refractivity contribution in [1.29, 1.82) is 0 Å². The molecule has 0 radical (unpaired) electrons. The third-order valence-corrected chi connectivity index (χ3v) is 8.99. The van der Waals surface area contributed by atoms with E-state index in [2.05, 4.69) is 5.32 Å². The fourth-order valence-electron chi connectivity index (χ4n) is 6.42. The fourth-order valence-corrected chi connectivity index (χ4v) is 7.48. The molecule has 7 nitrogen and oxygen atoms in total. The predicted molar refractivity (Wildman–Crippen MR) is 113 cm³/mol. The molecular formula is C22H30N2O5S. The molecule has 1 aliphatic heterocycles. The van der Waals surface area contributed by atoms with Gasteiger partial charge in [0.25, 0.3) is 0 Å². The molecule has 1 aromatic rings. The molecule has 0 saturated heterocycles. The van der Waals surface area contributed by atoms with E-state index in [0.717, 1.165) is 19.3 Å². The molecule has 8 heteroatoms. The Morgan fingerprint density at radius 3 is 2.27 bits per heavy atom. The Morgan fingerprint density at radius 2 is 1.67 bits per heavy atom. The van der Waals surface area contributed by atoms with Gasteiger partial charge in [0.05, 0.1) is 11.4 Å². The third-order valence-electron chi connectivity index (χ3n) is 7.24. The standard InChI is InChI=1S/C22H30N2O5S/c1-2-30(26,27)24(18-3-4-19-20(10-18)29-6-5-28-19)14-21(25)23-22-11-15-7-16(12-22)9-17(8-15)13-22/h3-4,10,15-17H,2,5-9,11-14H2,1H3,(H,23,25). The predicted octanol–water partition coefficient (Wildman–Crippen LogP) is 2.70. The summed E-state index contributed by atoms with van der Waals surface area (Å²) in [7, 11) is -3.62. The van der Waals surface area contributed by atoms with Crippen LogP contribution in [-0.2, 0) is 14.8 Å². The van der Waals surface area contributed by atoms with E-state index in [1.54, 1.807) is 25.1 Å². The molecule has 5 aliphatic rings. The Labute approximate surface area is 178 Å². The molecule has 1 heterocycles. The first-order valence-corrected chi connectivity index (χ1v) is 12.7. The molecule has 1 amide bonds. The van der Waals surface area contributed by atoms with Crippen molar-refractivity contribution in [2.45, 2.75) is 51.0 Å². The second-order valence-electron chi connectivity index (χ2n) is 9.48. The van der Waals surface area contributed by atoms with Gasteiger partial charge in [-0.2, -0.15) is 0 Å². The van der Waals surface area contributed by atoms with Crippen LogP contribution in [0.2, 0.25) is 0 Å². The highest BCUT2D eigenvalue weighted by atomic mass is 32.2. The van der Waals surface area contributed by atoms with Crippen molar-refractivity contribution in [2.24, 2.45) is 17.8 Å². The minimum absolute atomic E-state index is 0.0773. The van der Waals surface area contributed by atoms with Gasteiger partial charge in [0.2, 0.25) is 15.9 Å². The van der Waals surface area contributed by atoms with Crippen LogP contribution in [-0.4, -0.2) is 45.4 Å². The van der Waals surface area contributed by atoms with Gasteiger partial charge in [0.1, 0.15) is 19.8 Å². The van der Waals surface area contributed by atoms with Crippen molar-refractivity contribution in [3.63, 3.8) is 0 Å². The summed E-state index contributed by atoms with van der Waals surface area (Å²) in [5, 5.41) is 3.28. The minimum Gasteiger partial charge on any atom is -0.486 e. The number of hydrogen-bond donors (Lipinski definition) is 1. The Morgan fingerprint density at radius 1 is 1.07 bits per heavy atom. The van der Waals surface area contributed by atoms with Crippen LogP contribution in [0.3, 0.4) is 0 Å². The van der Waals surface area contributed by atoms with Crippen LogP contribution in [0, 0.1) is 17.8 Å². The van der Waals surface area contributed by atoms with Crippen molar-refractivity contribution in [3.05, 3.63) is 18.2 Å². The van der Waals surface area contributed by atoms with Gasteiger partial charge in [0.15, 0.2) is 11.5 Å². The van der Waals surface area contributed by atoms with Gasteiger partial charge in [0, 0.05) is 11.6 Å². The van der Waals surface area contributed by atoms with Gasteiger partial charge in [-0.3, -0.25) is 9.10 Å². The maximum Gasteiger partial charge on any atom is 0.241 e. The molecule has 4 aliphatic carbocycles. The van der Waals surface area contributed by atoms with E-state index in [-0.39, 0.29) is 23.7 Å². The summed E-state index contributed by atoms with van der Waals surface area (Å²) >= 11 is 0. The van der Waals surface area contributed by atoms with Crippen molar-refractivity contribution < 1.29 is 22.7 Å². The van der Waals surface area contributed by atoms with Crippen molar-refractivity contribution in [2.75, 3.05) is 29.8 Å². The summed E-state index contributed by atoms with van der Waals surface area (Å²) < 4.78 is 38.0. The number of anilines is 1. The van der Waals surface area contributed by atoms with Gasteiger partial charge < -0.3 is 14.8 Å². The molecule has 4 fully saturated rings. The zero-order chi connectivity index (χ0) is 20.9. The number of carbonyl (C=O) groups is 1. The number of ether oxygens (including phenoxy) is 2. The maximum atomic E-state index is 13.1. The van der Waals surface area contributed by atoms with Crippen molar-refractivity contribution >= 4 is 21.6 Å². The smallest absolute Gasteiger partial charge is 0.241 e. The number of hydrogen-bond acceptors (Lipinski definition) is 5. The lowest BCUT2D eigenvalue weighted by molar-refractivity contribution is -0.125. The lowest BCUT2D eigenvalue weighted by Gasteiger charge is -2.57. The molecule has 0 unspecified atom stereocenters. The van der Waals surface area contributed by atoms with Crippen LogP contribution in [0.5, 0.6) is 11.5 Å². The van der Waals surface area contributed by atoms with Crippen LogP contribution in [0.1, 0.15) is 45.4 Å². The molecule has 4 bridgehead atoms. The van der Waals surface area contributed by atoms with Crippen LogP contribution >= 0.6 is 0 Å². The zero-order valence-corrected chi connectivity index (χ0v) is 18.2. The van der Waals surface area contributed by atoms with Crippen LogP contribution in [0.15, 0.2) is 18.2 Å². The molecule has 0 atom stereocenters. The summed E-state index contributed by atoms with van der Waals surface area (Å²) in [5.41, 5.74) is 0.294. The van der Waals surface area contributed by atoms with Crippen molar-refractivity contribution in [3.8, 4) is 11.5 Å². The number of benzene rings is 1. The van der Waals surface area contributed by atoms with Crippen LogP contribution < -0.4 is 19.1 Å². The van der Waals surface area contributed by atoms with Gasteiger partial charge >= 0.3 is 0 Å². The monoisotopic (exact) mass is 434 g/mol. The summed E-state index contributed by atoms with van der Waals surface area (Å²) in [4.78, 5) is 13.1. The summed E-state index contributed by atoms with van der Waals surface area (Å²) in [6.45, 7) is 2.27. The van der Waals surface area contributed by atoms with Gasteiger partial charge in [-0.15, -0.1) is 0 Å². The Bertz CT molecular complexity index is 910. The SMILES string of the molecule is CCS(=O)(=O)N(CC(=O)NC12CC3CC(CC(C3)C1)C2)c1ccc2c(c1)OCCO2. The largest absolute Gasteiger partial charge is 0.486 e. The van der Waals surface area contributed by atoms with Gasteiger partial charge in [-0.25, -0.2) is 8.42 Å². The average Bonchev–Trinajstić information content (AvgIpc) is 2.70. The first-order chi connectivity index (χ1) is 14.4. The van der Waals surface area contributed by atoms with Crippen LogP contribution in [0.4, 0.5) is 5.69 Å². The lowest BCUT2D eigenvalue weighted by atomic mass is 9.53. The number of nitrogens with zero attached hydrogens (tertiary/aromatic N) is 1. The molecule has 164 valence electrons. The first-order valence-electron chi connectivity index (χ1n) is 11.1. The Kier molecular flexibility index (Phi) is 4.87. The number of nitrogens with one attached hydrogen (secondary N) is 1. The fraction of sp³-hybridized carbons (Fsp3) is 0.682. The highest BCUT2D eigenvalue weighted by Gasteiger charge is 2.51. The first kappa shape index (κ1) is 20.0. The van der Waals surface area contributed by atoms with Crippen molar-refractivity contribution in [1.82, 2.24) is 5.32 Å². The average molecular weight is 435 g/mol. The molecule has 4 saturated carbocycles. The summed E-state index contributed by atoms with van der Waals surface area (Å²) in [6.07, 6.45) is 6.99. The normalized spacial score (nSPS) is 31.4. The molecule has 1 N–H and O–H groups in total. The second-order valence-corrected chi connectivity index (χ2v) is 11.7. The van der Waals surface area contributed by atoms with Gasteiger partial charge in [-0.05, 0) is 75.3 Å². The van der Waals surface area contributed by atoms with Gasteiger partial charge in [-0.1, -0.05) is 0 Å². The summed E-state index contributed by atoms with van der Waals surface area (Å²) in [5.74, 6) is 2.95. The maximum absolute atomic E-state index is 13.1. The highest BCUT2D eigenvalue weighted by molar-refractivity contribution is 7.92. The topological polar surface area (TPSA) is 84.9 Å². The number of sulfonamides is 1.